The van der Waals surface area contributed by atoms with Crippen molar-refractivity contribution < 1.29 is 4.42 Å². The second kappa shape index (κ2) is 6.32. The summed E-state index contributed by atoms with van der Waals surface area (Å²) in [7, 11) is 0. The van der Waals surface area contributed by atoms with Crippen LogP contribution in [0.2, 0.25) is 0 Å². The summed E-state index contributed by atoms with van der Waals surface area (Å²) in [5, 5.41) is 13.0. The molecule has 0 atom stereocenters. The van der Waals surface area contributed by atoms with Crippen molar-refractivity contribution in [2.24, 2.45) is 0 Å². The number of aromatic nitrogens is 1. The van der Waals surface area contributed by atoms with Crippen LogP contribution < -0.4 is 0 Å². The van der Waals surface area contributed by atoms with E-state index in [4.69, 9.17) is 4.42 Å². The Hall–Kier alpha value is -3.91. The quantitative estimate of drug-likeness (QED) is 0.203. The van der Waals surface area contributed by atoms with Crippen LogP contribution in [0.25, 0.3) is 53.9 Å². The molecule has 0 unspecified atom stereocenters. The van der Waals surface area contributed by atoms with Gasteiger partial charge in [0.1, 0.15) is 0 Å². The summed E-state index contributed by atoms with van der Waals surface area (Å²) in [5.41, 5.74) is 0. The minimum absolute atomic E-state index is 1.05. The number of furan rings is 1. The molecule has 7 rings (SSSR count). The Morgan fingerprint density at radius 1 is 0.483 bits per heavy atom. The van der Waals surface area contributed by atoms with Gasteiger partial charge in [-0.25, -0.2) is 0 Å². The third kappa shape index (κ3) is 2.46. The molecular weight excluding hydrogens is 354 g/mol. The SMILES string of the molecule is c1cc2cccc3c4cccc5cccc(c(c1)c23)c54.c1cc2cocc2cn1. The first-order valence-corrected chi connectivity index (χ1v) is 9.70. The van der Waals surface area contributed by atoms with Crippen molar-refractivity contribution in [1.29, 1.82) is 0 Å². The van der Waals surface area contributed by atoms with Gasteiger partial charge in [0, 0.05) is 23.2 Å². The van der Waals surface area contributed by atoms with E-state index in [-0.39, 0.29) is 0 Å². The fourth-order valence-electron chi connectivity index (χ4n) is 4.38. The minimum atomic E-state index is 1.05. The Morgan fingerprint density at radius 2 is 0.966 bits per heavy atom. The molecule has 0 aliphatic carbocycles. The molecule has 2 heterocycles. The van der Waals surface area contributed by atoms with E-state index in [0.29, 0.717) is 0 Å². The Labute approximate surface area is 167 Å². The molecule has 29 heavy (non-hydrogen) atoms. The van der Waals surface area contributed by atoms with Gasteiger partial charge in [-0.2, -0.15) is 0 Å². The number of benzene rings is 5. The molecule has 0 spiro atoms. The molecule has 0 saturated heterocycles. The van der Waals surface area contributed by atoms with Crippen LogP contribution in [0.15, 0.2) is 108 Å². The maximum Gasteiger partial charge on any atom is 0.0996 e. The molecule has 136 valence electrons. The predicted molar refractivity (Wildman–Crippen MR) is 122 cm³/mol. The highest BCUT2D eigenvalue weighted by Gasteiger charge is 2.11. The number of nitrogens with zero attached hydrogens (tertiary/aromatic N) is 1. The minimum Gasteiger partial charge on any atom is -0.471 e. The topological polar surface area (TPSA) is 26.0 Å². The zero-order valence-electron chi connectivity index (χ0n) is 15.7. The molecule has 0 aliphatic heterocycles. The lowest BCUT2D eigenvalue weighted by molar-refractivity contribution is 0.572. The molecule has 0 aliphatic rings. The van der Waals surface area contributed by atoms with Crippen molar-refractivity contribution in [1.82, 2.24) is 4.98 Å². The van der Waals surface area contributed by atoms with Gasteiger partial charge in [0.05, 0.1) is 12.5 Å². The number of rotatable bonds is 0. The normalized spacial score (nSPS) is 11.4. The molecule has 5 aromatic carbocycles. The van der Waals surface area contributed by atoms with Gasteiger partial charge in [-0.15, -0.1) is 0 Å². The van der Waals surface area contributed by atoms with Crippen LogP contribution in [-0.2, 0) is 0 Å². The van der Waals surface area contributed by atoms with Gasteiger partial charge in [0.25, 0.3) is 0 Å². The van der Waals surface area contributed by atoms with Gasteiger partial charge in [-0.3, -0.25) is 4.98 Å². The second-order valence-electron chi connectivity index (χ2n) is 7.29. The van der Waals surface area contributed by atoms with Gasteiger partial charge >= 0.3 is 0 Å². The van der Waals surface area contributed by atoms with Gasteiger partial charge in [-0.05, 0) is 49.2 Å². The summed E-state index contributed by atoms with van der Waals surface area (Å²) in [4.78, 5) is 3.93. The van der Waals surface area contributed by atoms with E-state index in [1.807, 2.05) is 6.07 Å². The average Bonchev–Trinajstić information content (AvgIpc) is 3.27. The molecule has 2 nitrogen and oxygen atoms in total. The first-order valence-electron chi connectivity index (χ1n) is 9.70. The standard InChI is InChI=1S/C20H12.C7H5NO/c1-5-13-6-2-11-17-18-12-4-8-14-7-3-10-16(20(14)18)15(9-1)19(13)17;1-2-8-3-7-5-9-4-6(1)7/h1-12H;1-5H. The summed E-state index contributed by atoms with van der Waals surface area (Å²) in [6.45, 7) is 0. The third-order valence-corrected chi connectivity index (χ3v) is 5.67. The first-order chi connectivity index (χ1) is 14.4. The molecule has 0 N–H and O–H groups in total. The number of fused-ring (bicyclic) bond motifs is 3. The summed E-state index contributed by atoms with van der Waals surface area (Å²) >= 11 is 0. The molecular formula is C27H17NO. The van der Waals surface area contributed by atoms with E-state index < -0.39 is 0 Å². The maximum atomic E-state index is 4.92. The van der Waals surface area contributed by atoms with E-state index >= 15 is 0 Å². The van der Waals surface area contributed by atoms with Gasteiger partial charge < -0.3 is 4.42 Å². The largest absolute Gasteiger partial charge is 0.471 e. The summed E-state index contributed by atoms with van der Waals surface area (Å²) in [6.07, 6.45) is 6.91. The molecule has 0 saturated carbocycles. The van der Waals surface area contributed by atoms with Crippen LogP contribution in [0.3, 0.4) is 0 Å². The van der Waals surface area contributed by atoms with E-state index in [1.165, 1.54) is 43.1 Å². The van der Waals surface area contributed by atoms with Gasteiger partial charge in [0.2, 0.25) is 0 Å². The van der Waals surface area contributed by atoms with Crippen molar-refractivity contribution in [3.8, 4) is 0 Å². The van der Waals surface area contributed by atoms with Crippen LogP contribution in [0.4, 0.5) is 0 Å². The van der Waals surface area contributed by atoms with Crippen molar-refractivity contribution in [2.75, 3.05) is 0 Å². The molecule has 0 amide bonds. The number of hydrogen-bond donors (Lipinski definition) is 0. The first kappa shape index (κ1) is 16.1. The highest BCUT2D eigenvalue weighted by atomic mass is 16.3. The fourth-order valence-corrected chi connectivity index (χ4v) is 4.38. The number of pyridine rings is 1. The lowest BCUT2D eigenvalue weighted by Crippen LogP contribution is -1.85. The zero-order valence-corrected chi connectivity index (χ0v) is 15.7. The van der Waals surface area contributed by atoms with Crippen molar-refractivity contribution in [3.05, 3.63) is 104 Å². The molecule has 7 aromatic rings. The van der Waals surface area contributed by atoms with Crippen LogP contribution >= 0.6 is 0 Å². The maximum absolute atomic E-state index is 4.92. The average molecular weight is 371 g/mol. The second-order valence-corrected chi connectivity index (χ2v) is 7.29. The van der Waals surface area contributed by atoms with E-state index in [9.17, 15) is 0 Å². The lowest BCUT2D eigenvalue weighted by Gasteiger charge is -2.13. The van der Waals surface area contributed by atoms with E-state index in [0.717, 1.165) is 10.8 Å². The van der Waals surface area contributed by atoms with Crippen molar-refractivity contribution in [2.45, 2.75) is 0 Å². The third-order valence-electron chi connectivity index (χ3n) is 5.67. The lowest BCUT2D eigenvalue weighted by atomic mass is 9.90. The monoisotopic (exact) mass is 371 g/mol. The summed E-state index contributed by atoms with van der Waals surface area (Å²) in [6, 6.07) is 28.4. The Kier molecular flexibility index (Phi) is 3.50. The van der Waals surface area contributed by atoms with Crippen LogP contribution in [-0.4, -0.2) is 4.98 Å². The van der Waals surface area contributed by atoms with Gasteiger partial charge in [0.15, 0.2) is 0 Å². The van der Waals surface area contributed by atoms with E-state index in [2.05, 4.69) is 77.8 Å². The number of hydrogen-bond acceptors (Lipinski definition) is 2. The Bertz CT molecular complexity index is 1410. The van der Waals surface area contributed by atoms with Crippen LogP contribution in [0, 0.1) is 0 Å². The van der Waals surface area contributed by atoms with Crippen LogP contribution in [0.5, 0.6) is 0 Å². The van der Waals surface area contributed by atoms with Crippen molar-refractivity contribution >= 4 is 53.9 Å². The zero-order chi connectivity index (χ0) is 19.2. The molecule has 0 bridgehead atoms. The highest BCUT2D eigenvalue weighted by molar-refractivity contribution is 6.32. The Balaban J connectivity index is 0.000000154. The predicted octanol–water partition coefficient (Wildman–Crippen LogP) is 7.57. The smallest absolute Gasteiger partial charge is 0.0996 e. The van der Waals surface area contributed by atoms with Crippen molar-refractivity contribution in [3.63, 3.8) is 0 Å². The molecule has 0 fully saturated rings. The molecule has 2 heteroatoms. The summed E-state index contributed by atoms with van der Waals surface area (Å²) in [5.74, 6) is 0. The van der Waals surface area contributed by atoms with Gasteiger partial charge in [-0.1, -0.05) is 72.8 Å². The molecule has 0 radical (unpaired) electrons. The fraction of sp³-hybridized carbons (Fsp3) is 0. The Morgan fingerprint density at radius 3 is 1.45 bits per heavy atom. The van der Waals surface area contributed by atoms with E-state index in [1.54, 1.807) is 24.9 Å². The van der Waals surface area contributed by atoms with Crippen LogP contribution in [0.1, 0.15) is 0 Å². The molecule has 2 aromatic heterocycles. The summed E-state index contributed by atoms with van der Waals surface area (Å²) < 4.78 is 4.92. The highest BCUT2D eigenvalue weighted by Crippen LogP contribution is 2.39.